The van der Waals surface area contributed by atoms with Gasteiger partial charge in [0.25, 0.3) is 11.5 Å². The van der Waals surface area contributed by atoms with Crippen LogP contribution in [0.5, 0.6) is 5.75 Å². The van der Waals surface area contributed by atoms with E-state index in [1.807, 2.05) is 43.3 Å². The van der Waals surface area contributed by atoms with Gasteiger partial charge in [-0.3, -0.25) is 14.2 Å². The highest BCUT2D eigenvalue weighted by atomic mass is 79.9. The molecule has 0 radical (unpaired) electrons. The molecule has 196 valence electrons. The average molecular weight is 597 g/mol. The molecule has 2 aromatic carbocycles. The summed E-state index contributed by atoms with van der Waals surface area (Å²) in [6, 6.07) is 12.0. The van der Waals surface area contributed by atoms with E-state index in [0.29, 0.717) is 39.5 Å². The topological polar surface area (TPSA) is 90.2 Å². The lowest BCUT2D eigenvalue weighted by Crippen LogP contribution is -2.41. The van der Waals surface area contributed by atoms with Crippen LogP contribution in [0.2, 0.25) is 0 Å². The van der Waals surface area contributed by atoms with Gasteiger partial charge in [0.2, 0.25) is 0 Å². The van der Waals surface area contributed by atoms with Crippen molar-refractivity contribution in [3.05, 3.63) is 89.0 Å². The molecule has 0 aliphatic carbocycles. The number of nitrogens with zero attached hydrogens (tertiary/aromatic N) is 3. The van der Waals surface area contributed by atoms with Crippen molar-refractivity contribution in [2.45, 2.75) is 39.8 Å². The number of methoxy groups -OCH3 is 1. The number of para-hydroxylation sites is 1. The molecule has 1 amide bonds. The Kier molecular flexibility index (Phi) is 6.87. The van der Waals surface area contributed by atoms with Gasteiger partial charge in [-0.1, -0.05) is 45.5 Å². The van der Waals surface area contributed by atoms with Gasteiger partial charge < -0.3 is 14.4 Å². The van der Waals surface area contributed by atoms with Gasteiger partial charge in [0.1, 0.15) is 16.3 Å². The summed E-state index contributed by atoms with van der Waals surface area (Å²) in [7, 11) is 1.54. The minimum atomic E-state index is -0.867. The van der Waals surface area contributed by atoms with Crippen LogP contribution in [0.1, 0.15) is 44.9 Å². The number of benzene rings is 2. The van der Waals surface area contributed by atoms with Gasteiger partial charge in [0, 0.05) is 22.1 Å². The number of rotatable bonds is 5. The number of carbonyl (C=O) groups excluding carboxylic acids is 2. The number of hydrogen-bond acceptors (Lipinski definition) is 7. The van der Waals surface area contributed by atoms with Crippen molar-refractivity contribution in [1.29, 1.82) is 0 Å². The third kappa shape index (κ3) is 4.12. The number of fused-ring (bicyclic) bond motifs is 2. The van der Waals surface area contributed by atoms with Crippen LogP contribution in [-0.4, -0.2) is 36.2 Å². The first-order valence-corrected chi connectivity index (χ1v) is 13.8. The van der Waals surface area contributed by atoms with Crippen LogP contribution in [0.3, 0.4) is 0 Å². The predicted octanol–water partition coefficient (Wildman–Crippen LogP) is 3.69. The Bertz CT molecular complexity index is 1700. The van der Waals surface area contributed by atoms with Crippen molar-refractivity contribution < 1.29 is 19.1 Å². The Morgan fingerprint density at radius 2 is 1.92 bits per heavy atom. The molecule has 0 N–H and O–H groups in total. The molecule has 5 rings (SSSR count). The minimum absolute atomic E-state index is 0.231. The third-order valence-electron chi connectivity index (χ3n) is 6.51. The summed E-state index contributed by atoms with van der Waals surface area (Å²) < 4.78 is 13.7. The number of carbonyl (C=O) groups is 2. The van der Waals surface area contributed by atoms with Gasteiger partial charge in [-0.15, -0.1) is 0 Å². The van der Waals surface area contributed by atoms with Crippen LogP contribution in [-0.2, 0) is 14.3 Å². The van der Waals surface area contributed by atoms with E-state index in [9.17, 15) is 14.4 Å². The molecule has 2 aliphatic heterocycles. The maximum absolute atomic E-state index is 14.2. The van der Waals surface area contributed by atoms with Crippen LogP contribution in [0.25, 0.3) is 5.57 Å². The molecular formula is C28H26BrN3O5S. The first-order chi connectivity index (χ1) is 18.2. The van der Waals surface area contributed by atoms with Crippen LogP contribution >= 0.6 is 27.3 Å². The van der Waals surface area contributed by atoms with E-state index in [1.54, 1.807) is 31.7 Å². The fourth-order valence-corrected chi connectivity index (χ4v) is 6.45. The summed E-state index contributed by atoms with van der Waals surface area (Å²) >= 11 is 4.66. The number of hydrogen-bond donors (Lipinski definition) is 0. The SMILES string of the molecule is CCN1C(=O)/C(=c2\sc3n(c2=O)[C@H](c2cc(Br)ccc2OC)C(C(=O)OC(C)C)=C(C)N=3)c2ccccc21. The Morgan fingerprint density at radius 1 is 1.18 bits per heavy atom. The number of thiazole rings is 1. The molecule has 0 unspecified atom stereocenters. The van der Waals surface area contributed by atoms with E-state index in [4.69, 9.17) is 9.47 Å². The summed E-state index contributed by atoms with van der Waals surface area (Å²) in [5, 5.41) is 0. The molecule has 0 saturated heterocycles. The lowest BCUT2D eigenvalue weighted by atomic mass is 9.95. The molecule has 3 heterocycles. The first kappa shape index (κ1) is 26.1. The Hall–Kier alpha value is -3.50. The van der Waals surface area contributed by atoms with E-state index >= 15 is 0 Å². The number of anilines is 1. The summed E-state index contributed by atoms with van der Waals surface area (Å²) in [6.45, 7) is 7.63. The standard InChI is InChI=1S/C28H26BrN3O5S/c1-6-31-19-10-8-7-9-17(19)22(25(31)33)24-26(34)32-23(18-13-16(29)11-12-20(18)36-5)21(27(35)37-14(2)3)15(4)30-28(32)38-24/h7-14,23H,6H2,1-5H3/b24-22-/t23-/m1/s1. The van der Waals surface area contributed by atoms with E-state index in [-0.39, 0.29) is 22.1 Å². The van der Waals surface area contributed by atoms with Gasteiger partial charge >= 0.3 is 5.97 Å². The van der Waals surface area contributed by atoms with Crippen molar-refractivity contribution >= 4 is 50.4 Å². The first-order valence-electron chi connectivity index (χ1n) is 12.2. The monoisotopic (exact) mass is 595 g/mol. The largest absolute Gasteiger partial charge is 0.496 e. The van der Waals surface area contributed by atoms with Crippen molar-refractivity contribution in [1.82, 2.24) is 4.57 Å². The zero-order valence-electron chi connectivity index (χ0n) is 21.6. The van der Waals surface area contributed by atoms with Gasteiger partial charge in [0.15, 0.2) is 4.80 Å². The smallest absolute Gasteiger partial charge is 0.338 e. The molecule has 0 bridgehead atoms. The maximum Gasteiger partial charge on any atom is 0.338 e. The summed E-state index contributed by atoms with van der Waals surface area (Å²) in [6.07, 6.45) is -0.368. The molecular weight excluding hydrogens is 570 g/mol. The zero-order chi connectivity index (χ0) is 27.3. The second-order valence-corrected chi connectivity index (χ2v) is 11.1. The molecule has 0 spiro atoms. The number of esters is 1. The molecule has 1 aromatic heterocycles. The molecule has 10 heteroatoms. The molecule has 2 aliphatic rings. The molecule has 0 fully saturated rings. The van der Waals surface area contributed by atoms with E-state index in [1.165, 1.54) is 11.7 Å². The number of halogens is 1. The summed E-state index contributed by atoms with van der Waals surface area (Å²) in [5.41, 5.74) is 2.69. The highest BCUT2D eigenvalue weighted by Crippen LogP contribution is 2.38. The predicted molar refractivity (Wildman–Crippen MR) is 149 cm³/mol. The van der Waals surface area contributed by atoms with Crippen molar-refractivity contribution in [3.8, 4) is 5.75 Å². The number of amides is 1. The minimum Gasteiger partial charge on any atom is -0.496 e. The fourth-order valence-electron chi connectivity index (χ4n) is 4.94. The second kappa shape index (κ2) is 9.99. The number of ether oxygens (including phenoxy) is 2. The number of aromatic nitrogens is 1. The second-order valence-electron chi connectivity index (χ2n) is 9.18. The Morgan fingerprint density at radius 3 is 2.61 bits per heavy atom. The lowest BCUT2D eigenvalue weighted by molar-refractivity contribution is -0.143. The zero-order valence-corrected chi connectivity index (χ0v) is 24.0. The van der Waals surface area contributed by atoms with Crippen LogP contribution in [0.4, 0.5) is 5.69 Å². The van der Waals surface area contributed by atoms with Gasteiger partial charge in [-0.05, 0) is 52.0 Å². The Balaban J connectivity index is 1.85. The molecule has 38 heavy (non-hydrogen) atoms. The Labute approximate surface area is 231 Å². The maximum atomic E-state index is 14.2. The molecule has 8 nitrogen and oxygen atoms in total. The van der Waals surface area contributed by atoms with Crippen molar-refractivity contribution in [2.75, 3.05) is 18.6 Å². The van der Waals surface area contributed by atoms with Crippen LogP contribution in [0.15, 0.2) is 68.0 Å². The highest BCUT2D eigenvalue weighted by molar-refractivity contribution is 9.10. The quantitative estimate of drug-likeness (QED) is 0.420. The van der Waals surface area contributed by atoms with E-state index in [2.05, 4.69) is 20.9 Å². The van der Waals surface area contributed by atoms with Gasteiger partial charge in [-0.25, -0.2) is 9.79 Å². The lowest BCUT2D eigenvalue weighted by Gasteiger charge is -2.26. The highest BCUT2D eigenvalue weighted by Gasteiger charge is 2.38. The number of likely N-dealkylation sites (N-methyl/N-ethyl adjacent to an activating group) is 1. The van der Waals surface area contributed by atoms with Crippen LogP contribution in [0, 0.1) is 0 Å². The molecule has 3 aromatic rings. The fraction of sp³-hybridized carbons (Fsp3) is 0.286. The summed E-state index contributed by atoms with van der Waals surface area (Å²) in [4.78, 5) is 47.8. The van der Waals surface area contributed by atoms with E-state index < -0.39 is 17.6 Å². The molecule has 0 saturated carbocycles. The van der Waals surface area contributed by atoms with Crippen molar-refractivity contribution in [2.24, 2.45) is 4.99 Å². The molecule has 1 atom stereocenters. The number of allylic oxidation sites excluding steroid dienone is 1. The van der Waals surface area contributed by atoms with Gasteiger partial charge in [0.05, 0.1) is 35.7 Å². The van der Waals surface area contributed by atoms with Gasteiger partial charge in [-0.2, -0.15) is 0 Å². The average Bonchev–Trinajstić information content (AvgIpc) is 3.34. The van der Waals surface area contributed by atoms with Crippen LogP contribution < -0.4 is 24.5 Å². The third-order valence-corrected chi connectivity index (χ3v) is 8.06. The normalized spacial score (nSPS) is 17.9. The van der Waals surface area contributed by atoms with E-state index in [0.717, 1.165) is 21.5 Å². The summed E-state index contributed by atoms with van der Waals surface area (Å²) in [5.74, 6) is -0.295. The van der Waals surface area contributed by atoms with Crippen molar-refractivity contribution in [3.63, 3.8) is 0 Å².